The molecule has 0 aromatic carbocycles. The fraction of sp³-hybridized carbons (Fsp3) is 0.870. The van der Waals surface area contributed by atoms with Gasteiger partial charge in [0.1, 0.15) is 6.54 Å². The lowest BCUT2D eigenvalue weighted by atomic mass is 9.71. The normalized spacial score (nSPS) is 30.2. The van der Waals surface area contributed by atoms with Gasteiger partial charge < -0.3 is 10.1 Å². The lowest BCUT2D eigenvalue weighted by Crippen LogP contribution is -2.47. The number of nitrogens with one attached hydrogen (secondary N) is 1. The van der Waals surface area contributed by atoms with Gasteiger partial charge in [-0.3, -0.25) is 9.58 Å². The van der Waals surface area contributed by atoms with Crippen molar-refractivity contribution in [3.63, 3.8) is 0 Å². The number of hydrogen-bond acceptors (Lipinski definition) is 4. The smallest absolute Gasteiger partial charge is 0.272 e. The Kier molecular flexibility index (Phi) is 6.01. The zero-order chi connectivity index (χ0) is 21.6. The summed E-state index contributed by atoms with van der Waals surface area (Å²) in [7, 11) is 4.02. The second-order valence-corrected chi connectivity index (χ2v) is 10.5. The summed E-state index contributed by atoms with van der Waals surface area (Å²) in [5.74, 6) is -2.35. The molecule has 1 saturated carbocycles. The minimum absolute atomic E-state index is 0.0116. The summed E-state index contributed by atoms with van der Waals surface area (Å²) in [6.45, 7) is 6.65. The highest BCUT2D eigenvalue weighted by Crippen LogP contribution is 2.49. The zero-order valence-electron chi connectivity index (χ0n) is 19.1. The molecule has 1 aromatic rings. The van der Waals surface area contributed by atoms with E-state index < -0.39 is 5.92 Å². The van der Waals surface area contributed by atoms with Gasteiger partial charge in [0.15, 0.2) is 0 Å². The molecule has 3 aliphatic rings. The van der Waals surface area contributed by atoms with Crippen molar-refractivity contribution in [1.29, 1.82) is 0 Å². The molecule has 1 aromatic heterocycles. The lowest BCUT2D eigenvalue weighted by molar-refractivity contribution is -0.188. The maximum Gasteiger partial charge on any atom is 0.272 e. The average molecular weight is 425 g/mol. The van der Waals surface area contributed by atoms with Gasteiger partial charge in [0, 0.05) is 30.9 Å². The number of alkyl halides is 2. The molecule has 0 unspecified atom stereocenters. The van der Waals surface area contributed by atoms with Crippen molar-refractivity contribution in [2.45, 2.75) is 101 Å². The Morgan fingerprint density at radius 3 is 2.60 bits per heavy atom. The first-order valence-electron chi connectivity index (χ1n) is 11.6. The van der Waals surface area contributed by atoms with Crippen LogP contribution in [-0.4, -0.2) is 59.0 Å². The number of rotatable bonds is 6. The van der Waals surface area contributed by atoms with Gasteiger partial charge in [-0.15, -0.1) is 0 Å². The number of nitrogens with zero attached hydrogens (tertiary/aromatic N) is 3. The summed E-state index contributed by atoms with van der Waals surface area (Å²) in [5.41, 5.74) is 2.84. The highest BCUT2D eigenvalue weighted by Gasteiger charge is 2.46. The molecular formula is C23H38F2N4O. The summed E-state index contributed by atoms with van der Waals surface area (Å²) in [6, 6.07) is 0. The number of fused-ring (bicyclic) bond motifs is 1. The molecule has 4 rings (SSSR count). The molecule has 1 spiro atoms. The number of hydrogen-bond donors (Lipinski definition) is 1. The van der Waals surface area contributed by atoms with Crippen molar-refractivity contribution >= 4 is 0 Å². The standard InChI is InChI=1S/C23H38F2N4O/c1-21(2)8-5-9-22(30-21)10-6-17(7-11-22)20-18(15-28(4)13-12-26-3)27-29-16-23(24,25)14-19(20)29/h17,26H,5-16H2,1-4H3/t17-,22-. The first-order chi connectivity index (χ1) is 14.1. The fourth-order valence-electron chi connectivity index (χ4n) is 5.94. The van der Waals surface area contributed by atoms with Crippen molar-refractivity contribution in [1.82, 2.24) is 20.0 Å². The lowest BCUT2D eigenvalue weighted by Gasteiger charge is -2.49. The van der Waals surface area contributed by atoms with Crippen LogP contribution in [0, 0.1) is 0 Å². The zero-order valence-corrected chi connectivity index (χ0v) is 19.1. The van der Waals surface area contributed by atoms with Gasteiger partial charge in [0.05, 0.1) is 23.3 Å². The molecule has 0 radical (unpaired) electrons. The van der Waals surface area contributed by atoms with E-state index in [-0.39, 0.29) is 24.2 Å². The van der Waals surface area contributed by atoms with Gasteiger partial charge in [-0.25, -0.2) is 8.78 Å². The molecule has 3 heterocycles. The molecule has 7 heteroatoms. The van der Waals surface area contributed by atoms with Crippen LogP contribution in [0.3, 0.4) is 0 Å². The van der Waals surface area contributed by atoms with E-state index >= 15 is 0 Å². The maximum atomic E-state index is 14.1. The quantitative estimate of drug-likeness (QED) is 0.747. The van der Waals surface area contributed by atoms with E-state index in [1.807, 2.05) is 7.05 Å². The molecule has 2 aliphatic heterocycles. The molecule has 30 heavy (non-hydrogen) atoms. The van der Waals surface area contributed by atoms with Crippen LogP contribution in [0.2, 0.25) is 0 Å². The maximum absolute atomic E-state index is 14.1. The van der Waals surface area contributed by atoms with Crippen LogP contribution >= 0.6 is 0 Å². The van der Waals surface area contributed by atoms with Gasteiger partial charge in [0.2, 0.25) is 0 Å². The third kappa shape index (κ3) is 4.58. The number of aromatic nitrogens is 2. The largest absolute Gasteiger partial charge is 0.369 e. The molecule has 5 nitrogen and oxygen atoms in total. The van der Waals surface area contributed by atoms with Crippen LogP contribution in [-0.2, 0) is 24.2 Å². The Balaban J connectivity index is 1.53. The number of likely N-dealkylation sites (N-methyl/N-ethyl adjacent to an activating group) is 2. The second-order valence-electron chi connectivity index (χ2n) is 10.5. The van der Waals surface area contributed by atoms with Gasteiger partial charge >= 0.3 is 0 Å². The van der Waals surface area contributed by atoms with Crippen LogP contribution < -0.4 is 5.32 Å². The first kappa shape index (κ1) is 22.2. The third-order valence-corrected chi connectivity index (χ3v) is 7.35. The van der Waals surface area contributed by atoms with Crippen molar-refractivity contribution in [3.05, 3.63) is 17.0 Å². The highest BCUT2D eigenvalue weighted by molar-refractivity contribution is 5.34. The Morgan fingerprint density at radius 1 is 1.20 bits per heavy atom. The summed E-state index contributed by atoms with van der Waals surface area (Å²) < 4.78 is 36.5. The van der Waals surface area contributed by atoms with Gasteiger partial charge in [-0.05, 0) is 78.8 Å². The third-order valence-electron chi connectivity index (χ3n) is 7.35. The summed E-state index contributed by atoms with van der Waals surface area (Å²) in [4.78, 5) is 2.23. The fourth-order valence-corrected chi connectivity index (χ4v) is 5.94. The monoisotopic (exact) mass is 424 g/mol. The Morgan fingerprint density at radius 2 is 1.93 bits per heavy atom. The van der Waals surface area contributed by atoms with E-state index in [4.69, 9.17) is 4.74 Å². The topological polar surface area (TPSA) is 42.3 Å². The van der Waals surface area contributed by atoms with Crippen LogP contribution in [0.4, 0.5) is 8.78 Å². The molecule has 0 bridgehead atoms. The number of ether oxygens (including phenoxy) is 1. The van der Waals surface area contributed by atoms with Crippen LogP contribution in [0.5, 0.6) is 0 Å². The van der Waals surface area contributed by atoms with Crippen molar-refractivity contribution in [2.75, 3.05) is 27.2 Å². The minimum atomic E-state index is -2.67. The van der Waals surface area contributed by atoms with E-state index in [2.05, 4.69) is 36.2 Å². The molecular weight excluding hydrogens is 386 g/mol. The molecule has 0 amide bonds. The Bertz CT molecular complexity index is 753. The molecule has 1 saturated heterocycles. The molecule has 2 fully saturated rings. The first-order valence-corrected chi connectivity index (χ1v) is 11.6. The number of halogens is 2. The molecule has 0 atom stereocenters. The van der Waals surface area contributed by atoms with E-state index in [1.165, 1.54) is 6.42 Å². The van der Waals surface area contributed by atoms with Crippen molar-refractivity contribution < 1.29 is 13.5 Å². The van der Waals surface area contributed by atoms with E-state index in [0.29, 0.717) is 12.5 Å². The highest BCUT2D eigenvalue weighted by atomic mass is 19.3. The van der Waals surface area contributed by atoms with Crippen LogP contribution in [0.15, 0.2) is 0 Å². The SMILES string of the molecule is CNCCN(C)Cc1nn2c(c1[C@H]1CC[C@@]3(CCCC(C)(C)O3)CC1)CC(F)(F)C2. The van der Waals surface area contributed by atoms with Crippen LogP contribution in [0.1, 0.15) is 81.7 Å². The molecule has 170 valence electrons. The molecule has 1 N–H and O–H groups in total. The summed E-state index contributed by atoms with van der Waals surface area (Å²) in [5, 5.41) is 7.85. The second kappa shape index (κ2) is 8.14. The van der Waals surface area contributed by atoms with E-state index in [9.17, 15) is 8.78 Å². The van der Waals surface area contributed by atoms with E-state index in [1.54, 1.807) is 4.68 Å². The van der Waals surface area contributed by atoms with Crippen molar-refractivity contribution in [3.8, 4) is 0 Å². The Hall–Kier alpha value is -1.05. The Labute approximate surface area is 179 Å². The van der Waals surface area contributed by atoms with Gasteiger partial charge in [-0.1, -0.05) is 0 Å². The van der Waals surface area contributed by atoms with Crippen molar-refractivity contribution in [2.24, 2.45) is 0 Å². The van der Waals surface area contributed by atoms with Gasteiger partial charge in [0.25, 0.3) is 5.92 Å². The predicted molar refractivity (Wildman–Crippen MR) is 114 cm³/mol. The van der Waals surface area contributed by atoms with Gasteiger partial charge in [-0.2, -0.15) is 5.10 Å². The predicted octanol–water partition coefficient (Wildman–Crippen LogP) is 4.10. The summed E-state index contributed by atoms with van der Waals surface area (Å²) >= 11 is 0. The average Bonchev–Trinajstić information content (AvgIpc) is 3.11. The summed E-state index contributed by atoms with van der Waals surface area (Å²) in [6.07, 6.45) is 7.37. The minimum Gasteiger partial charge on any atom is -0.369 e. The molecule has 1 aliphatic carbocycles. The van der Waals surface area contributed by atoms with Crippen LogP contribution in [0.25, 0.3) is 0 Å². The van der Waals surface area contributed by atoms with E-state index in [0.717, 1.165) is 68.6 Å².